The molecule has 0 spiro atoms. The molecule has 0 aliphatic heterocycles. The summed E-state index contributed by atoms with van der Waals surface area (Å²) in [5.74, 6) is -0.905. The molecule has 0 saturated heterocycles. The minimum absolute atomic E-state index is 0.0140. The van der Waals surface area contributed by atoms with Gasteiger partial charge in [0.25, 0.3) is 17.5 Å². The molecule has 31 heavy (non-hydrogen) atoms. The van der Waals surface area contributed by atoms with Gasteiger partial charge in [0, 0.05) is 23.0 Å². The third kappa shape index (κ3) is 5.49. The first kappa shape index (κ1) is 21.6. The van der Waals surface area contributed by atoms with Crippen molar-refractivity contribution in [2.75, 3.05) is 10.6 Å². The van der Waals surface area contributed by atoms with Gasteiger partial charge < -0.3 is 10.6 Å². The lowest BCUT2D eigenvalue weighted by atomic mass is 10.1. The van der Waals surface area contributed by atoms with Gasteiger partial charge in [-0.15, -0.1) is 0 Å². The van der Waals surface area contributed by atoms with Crippen molar-refractivity contribution in [1.82, 2.24) is 5.32 Å². The van der Waals surface area contributed by atoms with E-state index in [1.54, 1.807) is 36.4 Å². The third-order valence-corrected chi connectivity index (χ3v) is 4.57. The van der Waals surface area contributed by atoms with Crippen LogP contribution in [-0.2, 0) is 0 Å². The van der Waals surface area contributed by atoms with Crippen LogP contribution in [-0.4, -0.2) is 21.9 Å². The van der Waals surface area contributed by atoms with E-state index in [2.05, 4.69) is 16.0 Å². The largest absolute Gasteiger partial charge is 0.332 e. The molecule has 0 bridgehead atoms. The Hall–Kier alpha value is -4.11. The summed E-state index contributed by atoms with van der Waals surface area (Å²) < 4.78 is 0. The number of nitro benzene ring substituents is 1. The van der Waals surface area contributed by atoms with Crippen molar-refractivity contribution in [2.45, 2.75) is 6.92 Å². The second-order valence-corrected chi connectivity index (χ2v) is 6.94. The molecule has 0 atom stereocenters. The second kappa shape index (κ2) is 9.59. The maximum Gasteiger partial charge on any atom is 0.282 e. The monoisotopic (exact) mass is 434 g/mol. The summed E-state index contributed by atoms with van der Waals surface area (Å²) in [5, 5.41) is 19.1. The molecule has 0 aromatic heterocycles. The Morgan fingerprint density at radius 2 is 1.35 bits per heavy atom. The summed E-state index contributed by atoms with van der Waals surface area (Å²) in [4.78, 5) is 35.1. The van der Waals surface area contributed by atoms with E-state index >= 15 is 0 Å². The molecular weight excluding hydrogens is 416 g/mol. The van der Waals surface area contributed by atoms with Gasteiger partial charge in [-0.25, -0.2) is 0 Å². The molecule has 0 unspecified atom stereocenters. The van der Waals surface area contributed by atoms with E-state index in [0.717, 1.165) is 5.56 Å². The van der Waals surface area contributed by atoms with Crippen molar-refractivity contribution in [3.63, 3.8) is 0 Å². The van der Waals surface area contributed by atoms with E-state index < -0.39 is 10.8 Å². The van der Waals surface area contributed by atoms with Gasteiger partial charge >= 0.3 is 0 Å². The van der Waals surface area contributed by atoms with E-state index in [4.69, 9.17) is 12.2 Å². The van der Waals surface area contributed by atoms with Crippen LogP contribution in [0, 0.1) is 17.0 Å². The van der Waals surface area contributed by atoms with Crippen LogP contribution in [0.4, 0.5) is 17.1 Å². The fourth-order valence-electron chi connectivity index (χ4n) is 2.82. The zero-order chi connectivity index (χ0) is 22.4. The van der Waals surface area contributed by atoms with Gasteiger partial charge in [-0.05, 0) is 61.1 Å². The Labute approximate surface area is 183 Å². The summed E-state index contributed by atoms with van der Waals surface area (Å²) in [7, 11) is 0. The van der Waals surface area contributed by atoms with Crippen molar-refractivity contribution in [2.24, 2.45) is 0 Å². The molecule has 0 aliphatic rings. The Morgan fingerprint density at radius 3 is 1.97 bits per heavy atom. The van der Waals surface area contributed by atoms with Crippen LogP contribution in [0.25, 0.3) is 0 Å². The summed E-state index contributed by atoms with van der Waals surface area (Å²) in [5.41, 5.74) is 2.22. The number of amides is 2. The number of anilines is 2. The van der Waals surface area contributed by atoms with Crippen molar-refractivity contribution in [1.29, 1.82) is 0 Å². The third-order valence-electron chi connectivity index (χ3n) is 4.36. The number of thiocarbonyl (C=S) groups is 1. The molecule has 0 heterocycles. The van der Waals surface area contributed by atoms with Crippen molar-refractivity contribution in [3.8, 4) is 0 Å². The molecule has 0 radical (unpaired) electrons. The topological polar surface area (TPSA) is 113 Å². The number of nitrogens with zero attached hydrogens (tertiary/aromatic N) is 1. The Balaban J connectivity index is 1.60. The van der Waals surface area contributed by atoms with E-state index in [1.165, 1.54) is 24.3 Å². The van der Waals surface area contributed by atoms with E-state index in [-0.39, 0.29) is 22.3 Å². The Bertz CT molecular complexity index is 1160. The standard InChI is InChI=1S/C22H18N4O4S/c1-14-6-2-3-7-17(14)20(27)23-15-10-12-16(13-11-15)24-22(31)25-21(28)18-8-4-5-9-19(18)26(29)30/h2-13H,1H3,(H,23,27)(H2,24,25,28,31). The van der Waals surface area contributed by atoms with Gasteiger partial charge in [0.05, 0.1) is 4.92 Å². The summed E-state index contributed by atoms with van der Waals surface area (Å²) >= 11 is 5.12. The van der Waals surface area contributed by atoms with Crippen LogP contribution in [0.15, 0.2) is 72.8 Å². The zero-order valence-electron chi connectivity index (χ0n) is 16.4. The minimum Gasteiger partial charge on any atom is -0.332 e. The highest BCUT2D eigenvalue weighted by molar-refractivity contribution is 7.80. The molecule has 9 heteroatoms. The lowest BCUT2D eigenvalue weighted by molar-refractivity contribution is -0.385. The number of carbonyl (C=O) groups excluding carboxylic acids is 2. The van der Waals surface area contributed by atoms with Gasteiger partial charge in [0.15, 0.2) is 5.11 Å². The normalized spacial score (nSPS) is 10.1. The van der Waals surface area contributed by atoms with Gasteiger partial charge in [-0.1, -0.05) is 30.3 Å². The number of rotatable bonds is 5. The summed E-state index contributed by atoms with van der Waals surface area (Å²) in [6.07, 6.45) is 0. The average Bonchev–Trinajstić information content (AvgIpc) is 2.75. The molecule has 0 saturated carbocycles. The summed E-state index contributed by atoms with van der Waals surface area (Å²) in [6.45, 7) is 1.86. The molecule has 3 N–H and O–H groups in total. The van der Waals surface area contributed by atoms with E-state index in [9.17, 15) is 19.7 Å². The predicted molar refractivity (Wildman–Crippen MR) is 122 cm³/mol. The van der Waals surface area contributed by atoms with E-state index in [1.807, 2.05) is 19.1 Å². The van der Waals surface area contributed by atoms with Gasteiger partial charge in [0.2, 0.25) is 0 Å². The van der Waals surface area contributed by atoms with Crippen LogP contribution in [0.3, 0.4) is 0 Å². The second-order valence-electron chi connectivity index (χ2n) is 6.53. The Morgan fingerprint density at radius 1 is 0.806 bits per heavy atom. The van der Waals surface area contributed by atoms with Crippen molar-refractivity contribution < 1.29 is 14.5 Å². The molecule has 156 valence electrons. The first-order valence-electron chi connectivity index (χ1n) is 9.18. The number of para-hydroxylation sites is 1. The highest BCUT2D eigenvalue weighted by Gasteiger charge is 2.19. The molecule has 3 aromatic rings. The highest BCUT2D eigenvalue weighted by Crippen LogP contribution is 2.18. The van der Waals surface area contributed by atoms with Crippen LogP contribution >= 0.6 is 12.2 Å². The van der Waals surface area contributed by atoms with E-state index in [0.29, 0.717) is 16.9 Å². The smallest absolute Gasteiger partial charge is 0.282 e. The molecule has 0 fully saturated rings. The van der Waals surface area contributed by atoms with Crippen LogP contribution in [0.5, 0.6) is 0 Å². The molecule has 3 aromatic carbocycles. The maximum absolute atomic E-state index is 12.4. The fraction of sp³-hybridized carbons (Fsp3) is 0.0455. The van der Waals surface area contributed by atoms with Crippen LogP contribution in [0.2, 0.25) is 0 Å². The lowest BCUT2D eigenvalue weighted by Gasteiger charge is -2.11. The molecule has 0 aliphatic carbocycles. The summed E-state index contributed by atoms with van der Waals surface area (Å²) in [6, 6.07) is 19.6. The molecular formula is C22H18N4O4S. The van der Waals surface area contributed by atoms with Gasteiger partial charge in [-0.3, -0.25) is 25.0 Å². The van der Waals surface area contributed by atoms with Crippen molar-refractivity contribution >= 4 is 46.2 Å². The minimum atomic E-state index is -0.688. The van der Waals surface area contributed by atoms with Crippen LogP contribution in [0.1, 0.15) is 26.3 Å². The number of carbonyl (C=O) groups is 2. The Kier molecular flexibility index (Phi) is 6.68. The number of nitro groups is 1. The van der Waals surface area contributed by atoms with Crippen molar-refractivity contribution in [3.05, 3.63) is 99.6 Å². The number of aryl methyl sites for hydroxylation is 1. The number of hydrogen-bond donors (Lipinski definition) is 3. The lowest BCUT2D eigenvalue weighted by Crippen LogP contribution is -2.34. The van der Waals surface area contributed by atoms with Gasteiger partial charge in [-0.2, -0.15) is 0 Å². The van der Waals surface area contributed by atoms with Gasteiger partial charge in [0.1, 0.15) is 5.56 Å². The first-order valence-corrected chi connectivity index (χ1v) is 9.59. The molecule has 8 nitrogen and oxygen atoms in total. The number of hydrogen-bond acceptors (Lipinski definition) is 5. The predicted octanol–water partition coefficient (Wildman–Crippen LogP) is 4.28. The zero-order valence-corrected chi connectivity index (χ0v) is 17.2. The number of nitrogens with one attached hydrogen (secondary N) is 3. The fourth-order valence-corrected chi connectivity index (χ4v) is 3.03. The average molecular weight is 434 g/mol. The number of benzene rings is 3. The maximum atomic E-state index is 12.4. The van der Waals surface area contributed by atoms with Crippen LogP contribution < -0.4 is 16.0 Å². The quantitative estimate of drug-likeness (QED) is 0.314. The molecule has 3 rings (SSSR count). The highest BCUT2D eigenvalue weighted by atomic mass is 32.1. The molecule has 2 amide bonds. The first-order chi connectivity index (χ1) is 14.8. The SMILES string of the molecule is Cc1ccccc1C(=O)Nc1ccc(NC(=S)NC(=O)c2ccccc2[N+](=O)[O-])cc1.